The molecule has 1 atom stereocenters. The van der Waals surface area contributed by atoms with Crippen LogP contribution >= 0.6 is 23.2 Å². The second-order valence-electron chi connectivity index (χ2n) is 6.53. The van der Waals surface area contributed by atoms with E-state index in [1.807, 2.05) is 0 Å². The Hall–Kier alpha value is -3.03. The summed E-state index contributed by atoms with van der Waals surface area (Å²) >= 11 is 12.5. The number of hydrogen-bond donors (Lipinski definition) is 1. The Morgan fingerprint density at radius 3 is 2.35 bits per heavy atom. The van der Waals surface area contributed by atoms with Gasteiger partial charge in [-0.3, -0.25) is 4.98 Å². The van der Waals surface area contributed by atoms with Crippen LogP contribution in [0.3, 0.4) is 0 Å². The first-order valence-corrected chi connectivity index (χ1v) is 9.85. The molecule has 2 aromatic carbocycles. The molecular weight excluding hydrogens is 446 g/mol. The van der Waals surface area contributed by atoms with Crippen LogP contribution in [0, 0.1) is 5.82 Å². The minimum Gasteiger partial charge on any atom is -0.493 e. The van der Waals surface area contributed by atoms with Gasteiger partial charge in [0.25, 0.3) is 0 Å². The van der Waals surface area contributed by atoms with Crippen LogP contribution in [0.25, 0.3) is 0 Å². The molecule has 162 valence electrons. The number of aromatic nitrogens is 1. The van der Waals surface area contributed by atoms with Gasteiger partial charge in [0.1, 0.15) is 11.9 Å². The number of anilines is 1. The van der Waals surface area contributed by atoms with E-state index in [4.69, 9.17) is 43.1 Å². The van der Waals surface area contributed by atoms with E-state index >= 15 is 0 Å². The van der Waals surface area contributed by atoms with Gasteiger partial charge < -0.3 is 19.9 Å². The molecule has 6 nitrogen and oxygen atoms in total. The number of carbonyl (C=O) groups is 1. The number of nitrogens with zero attached hydrogens (tertiary/aromatic N) is 1. The first-order chi connectivity index (χ1) is 14.8. The summed E-state index contributed by atoms with van der Waals surface area (Å²) in [5, 5.41) is 0.653. The molecule has 1 heterocycles. The molecule has 0 saturated heterocycles. The van der Waals surface area contributed by atoms with Crippen molar-refractivity contribution >= 4 is 34.9 Å². The van der Waals surface area contributed by atoms with Crippen molar-refractivity contribution in [3.63, 3.8) is 0 Å². The third-order valence-corrected chi connectivity index (χ3v) is 5.26. The van der Waals surface area contributed by atoms with Gasteiger partial charge in [-0.1, -0.05) is 29.3 Å². The SMILES string of the molecule is COc1ccc([C@H](Cc2c(Cl)cncc2Cl)OC(=O)c2ccc(N)c(F)c2)cc1OC. The Balaban J connectivity index is 1.99. The highest BCUT2D eigenvalue weighted by Crippen LogP contribution is 2.35. The summed E-state index contributed by atoms with van der Waals surface area (Å²) in [4.78, 5) is 16.7. The molecule has 0 saturated carbocycles. The number of hydrogen-bond acceptors (Lipinski definition) is 6. The number of nitrogen functional groups attached to an aromatic ring is 1. The summed E-state index contributed by atoms with van der Waals surface area (Å²) < 4.78 is 30.2. The molecule has 0 aliphatic heterocycles. The van der Waals surface area contributed by atoms with Gasteiger partial charge in [-0.05, 0) is 41.5 Å². The van der Waals surface area contributed by atoms with Gasteiger partial charge in [0.15, 0.2) is 11.5 Å². The fraction of sp³-hybridized carbons (Fsp3) is 0.182. The normalized spacial score (nSPS) is 11.6. The van der Waals surface area contributed by atoms with Gasteiger partial charge in [0.05, 0.1) is 35.5 Å². The Kier molecular flexibility index (Phi) is 7.20. The molecular formula is C22H19Cl2FN2O4. The van der Waals surface area contributed by atoms with Gasteiger partial charge in [-0.2, -0.15) is 0 Å². The van der Waals surface area contributed by atoms with Gasteiger partial charge in [0.2, 0.25) is 0 Å². The van der Waals surface area contributed by atoms with Crippen molar-refractivity contribution in [3.05, 3.63) is 81.3 Å². The number of benzene rings is 2. The number of ether oxygens (including phenoxy) is 3. The minimum atomic E-state index is -0.815. The van der Waals surface area contributed by atoms with Crippen LogP contribution in [0.2, 0.25) is 10.0 Å². The summed E-state index contributed by atoms with van der Waals surface area (Å²) in [6.45, 7) is 0. The van der Waals surface area contributed by atoms with Crippen LogP contribution in [0.15, 0.2) is 48.8 Å². The highest BCUT2D eigenvalue weighted by atomic mass is 35.5. The zero-order valence-electron chi connectivity index (χ0n) is 16.7. The van der Waals surface area contributed by atoms with E-state index in [-0.39, 0.29) is 17.7 Å². The minimum absolute atomic E-state index is 0.0177. The number of rotatable bonds is 7. The third-order valence-electron chi connectivity index (χ3n) is 4.61. The molecule has 3 aromatic rings. The number of halogens is 3. The summed E-state index contributed by atoms with van der Waals surface area (Å²) in [7, 11) is 3.01. The van der Waals surface area contributed by atoms with E-state index in [0.717, 1.165) is 6.07 Å². The quantitative estimate of drug-likeness (QED) is 0.378. The molecule has 0 radical (unpaired) electrons. The lowest BCUT2D eigenvalue weighted by Gasteiger charge is -2.21. The van der Waals surface area contributed by atoms with Crippen molar-refractivity contribution in [3.8, 4) is 11.5 Å². The summed E-state index contributed by atoms with van der Waals surface area (Å²) in [6, 6.07) is 8.81. The third kappa shape index (κ3) is 5.18. The number of esters is 1. The molecule has 0 bridgehead atoms. The maximum atomic E-state index is 13.8. The number of carbonyl (C=O) groups excluding carboxylic acids is 1. The van der Waals surface area contributed by atoms with Crippen molar-refractivity contribution < 1.29 is 23.4 Å². The van der Waals surface area contributed by atoms with Crippen LogP contribution in [-0.4, -0.2) is 25.2 Å². The monoisotopic (exact) mass is 464 g/mol. The lowest BCUT2D eigenvalue weighted by molar-refractivity contribution is 0.0296. The van der Waals surface area contributed by atoms with E-state index < -0.39 is 17.9 Å². The van der Waals surface area contributed by atoms with Crippen LogP contribution in [0.5, 0.6) is 11.5 Å². The maximum absolute atomic E-state index is 13.8. The Morgan fingerprint density at radius 2 is 1.74 bits per heavy atom. The summed E-state index contributed by atoms with van der Waals surface area (Å²) in [5.74, 6) is -0.485. The molecule has 31 heavy (non-hydrogen) atoms. The van der Waals surface area contributed by atoms with Crippen LogP contribution in [-0.2, 0) is 11.2 Å². The average molecular weight is 465 g/mol. The first kappa shape index (κ1) is 22.7. The predicted octanol–water partition coefficient (Wildman–Crippen LogP) is 5.27. The number of nitrogens with two attached hydrogens (primary N) is 1. The lowest BCUT2D eigenvalue weighted by Crippen LogP contribution is -2.15. The van der Waals surface area contributed by atoms with E-state index in [9.17, 15) is 9.18 Å². The fourth-order valence-electron chi connectivity index (χ4n) is 2.95. The fourth-order valence-corrected chi connectivity index (χ4v) is 3.47. The molecule has 0 aliphatic carbocycles. The molecule has 3 rings (SSSR count). The van der Waals surface area contributed by atoms with Crippen molar-refractivity contribution in [2.45, 2.75) is 12.5 Å². The molecule has 0 spiro atoms. The van der Waals surface area contributed by atoms with E-state index in [1.165, 1.54) is 38.7 Å². The van der Waals surface area contributed by atoms with Crippen molar-refractivity contribution in [2.24, 2.45) is 0 Å². The molecule has 9 heteroatoms. The first-order valence-electron chi connectivity index (χ1n) is 9.09. The average Bonchev–Trinajstić information content (AvgIpc) is 2.76. The zero-order chi connectivity index (χ0) is 22.5. The molecule has 0 unspecified atom stereocenters. The maximum Gasteiger partial charge on any atom is 0.338 e. The molecule has 1 aromatic heterocycles. The topological polar surface area (TPSA) is 83.7 Å². The second kappa shape index (κ2) is 9.85. The number of pyridine rings is 1. The lowest BCUT2D eigenvalue weighted by atomic mass is 10.0. The molecule has 0 aliphatic rings. The van der Waals surface area contributed by atoms with E-state index in [0.29, 0.717) is 32.7 Å². The van der Waals surface area contributed by atoms with Crippen molar-refractivity contribution in [1.82, 2.24) is 4.98 Å². The van der Waals surface area contributed by atoms with Gasteiger partial charge in [-0.15, -0.1) is 0 Å². The van der Waals surface area contributed by atoms with E-state index in [1.54, 1.807) is 18.2 Å². The van der Waals surface area contributed by atoms with Crippen molar-refractivity contribution in [2.75, 3.05) is 20.0 Å². The molecule has 0 amide bonds. The van der Waals surface area contributed by atoms with Crippen LogP contribution < -0.4 is 15.2 Å². The largest absolute Gasteiger partial charge is 0.493 e. The smallest absolute Gasteiger partial charge is 0.338 e. The van der Waals surface area contributed by atoms with Crippen LogP contribution in [0.1, 0.15) is 27.6 Å². The standard InChI is InChI=1S/C22H19Cl2FN2O4/c1-29-19-6-4-12(8-21(19)30-2)20(9-14-15(23)10-27-11-16(14)24)31-22(28)13-3-5-18(26)17(25)7-13/h3-8,10-11,20H,9,26H2,1-2H3/t20-/m0/s1. The highest BCUT2D eigenvalue weighted by Gasteiger charge is 2.23. The van der Waals surface area contributed by atoms with Gasteiger partial charge in [-0.25, -0.2) is 9.18 Å². The number of methoxy groups -OCH3 is 2. The predicted molar refractivity (Wildman–Crippen MR) is 116 cm³/mol. The molecule has 0 fully saturated rings. The Labute approximate surface area is 188 Å². The van der Waals surface area contributed by atoms with Gasteiger partial charge >= 0.3 is 5.97 Å². The van der Waals surface area contributed by atoms with Crippen molar-refractivity contribution in [1.29, 1.82) is 0 Å². The second-order valence-corrected chi connectivity index (χ2v) is 7.34. The Bertz CT molecular complexity index is 1090. The zero-order valence-corrected chi connectivity index (χ0v) is 18.2. The molecule has 2 N–H and O–H groups in total. The Morgan fingerprint density at radius 1 is 1.06 bits per heavy atom. The van der Waals surface area contributed by atoms with Gasteiger partial charge in [0, 0.05) is 18.8 Å². The van der Waals surface area contributed by atoms with E-state index in [2.05, 4.69) is 4.98 Å². The van der Waals surface area contributed by atoms with Crippen LogP contribution in [0.4, 0.5) is 10.1 Å². The summed E-state index contributed by atoms with van der Waals surface area (Å²) in [5.41, 5.74) is 6.59. The highest BCUT2D eigenvalue weighted by molar-refractivity contribution is 6.35. The summed E-state index contributed by atoms with van der Waals surface area (Å²) in [6.07, 6.45) is 2.24.